The Balaban J connectivity index is 0.000000531. The Morgan fingerprint density at radius 1 is 0.667 bits per heavy atom. The van der Waals surface area contributed by atoms with Crippen LogP contribution in [-0.2, 0) is 0 Å². The van der Waals surface area contributed by atoms with E-state index >= 15 is 0 Å². The first-order chi connectivity index (χ1) is 7.33. The molecule has 2 rings (SSSR count). The molecule has 0 saturated heterocycles. The van der Waals surface area contributed by atoms with Gasteiger partial charge in [-0.05, 0) is 42.4 Å². The van der Waals surface area contributed by atoms with Crippen LogP contribution in [0.4, 0.5) is 0 Å². The molecule has 15 heavy (non-hydrogen) atoms. The van der Waals surface area contributed by atoms with Gasteiger partial charge < -0.3 is 0 Å². The minimum absolute atomic E-state index is 1.08. The van der Waals surface area contributed by atoms with Crippen molar-refractivity contribution >= 4 is 0 Å². The van der Waals surface area contributed by atoms with Crippen LogP contribution in [-0.4, -0.2) is 0 Å². The van der Waals surface area contributed by atoms with Crippen LogP contribution in [0.15, 0.2) is 0 Å². The Morgan fingerprint density at radius 3 is 1.20 bits per heavy atom. The summed E-state index contributed by atoms with van der Waals surface area (Å²) in [6.45, 7) is 11.2. The van der Waals surface area contributed by atoms with Crippen molar-refractivity contribution in [3.63, 3.8) is 0 Å². The molecule has 2 aliphatic carbocycles. The van der Waals surface area contributed by atoms with E-state index < -0.39 is 0 Å². The van der Waals surface area contributed by atoms with E-state index in [1.165, 1.54) is 19.3 Å². The zero-order valence-electron chi connectivity index (χ0n) is 11.4. The van der Waals surface area contributed by atoms with Crippen LogP contribution in [0.3, 0.4) is 0 Å². The summed E-state index contributed by atoms with van der Waals surface area (Å²) in [5, 5.41) is 0. The first-order valence-electron chi connectivity index (χ1n) is 7.33. The fraction of sp³-hybridized carbons (Fsp3) is 1.00. The molecular formula is C15H30. The summed E-state index contributed by atoms with van der Waals surface area (Å²) in [6, 6.07) is 0. The van der Waals surface area contributed by atoms with Crippen LogP contribution in [0.25, 0.3) is 0 Å². The van der Waals surface area contributed by atoms with E-state index in [-0.39, 0.29) is 0 Å². The quantitative estimate of drug-likeness (QED) is 0.605. The number of fused-ring (bicyclic) bond motifs is 1. The molecule has 2 saturated carbocycles. The van der Waals surface area contributed by atoms with Crippen LogP contribution in [0, 0.1) is 29.6 Å². The minimum Gasteiger partial charge on any atom is -0.0683 e. The maximum absolute atomic E-state index is 2.40. The molecule has 0 aromatic carbocycles. The predicted octanol–water partition coefficient (Wildman–Crippen LogP) is 5.13. The number of rotatable bonds is 3. The zero-order valence-corrected chi connectivity index (χ0v) is 11.4. The smallest absolute Gasteiger partial charge is 0.0352 e. The van der Waals surface area contributed by atoms with Crippen LogP contribution < -0.4 is 0 Å². The second-order valence-corrected chi connectivity index (χ2v) is 5.12. The first kappa shape index (κ1) is 13.1. The summed E-state index contributed by atoms with van der Waals surface area (Å²) in [4.78, 5) is 0. The fourth-order valence-electron chi connectivity index (χ4n) is 4.38. The van der Waals surface area contributed by atoms with E-state index in [0.717, 1.165) is 29.6 Å². The molecular weight excluding hydrogens is 180 g/mol. The lowest BCUT2D eigenvalue weighted by Crippen LogP contribution is -2.27. The predicted molar refractivity (Wildman–Crippen MR) is 68.9 cm³/mol. The number of hydrogen-bond donors (Lipinski definition) is 0. The summed E-state index contributed by atoms with van der Waals surface area (Å²) in [5.41, 5.74) is 0. The van der Waals surface area contributed by atoms with Gasteiger partial charge in [-0.15, -0.1) is 0 Å². The van der Waals surface area contributed by atoms with Crippen LogP contribution in [0.5, 0.6) is 0 Å². The van der Waals surface area contributed by atoms with Crippen molar-refractivity contribution < 1.29 is 0 Å². The highest BCUT2D eigenvalue weighted by Gasteiger charge is 2.51. The topological polar surface area (TPSA) is 0 Å². The molecule has 0 nitrogen and oxygen atoms in total. The third-order valence-electron chi connectivity index (χ3n) is 5.00. The SMILES string of the molecule is CC.CCC1C(CC)C2CCC2C1CC. The van der Waals surface area contributed by atoms with Crippen molar-refractivity contribution in [1.29, 1.82) is 0 Å². The molecule has 2 aliphatic rings. The van der Waals surface area contributed by atoms with Crippen LogP contribution in [0.2, 0.25) is 0 Å². The lowest BCUT2D eigenvalue weighted by molar-refractivity contribution is 0.140. The highest BCUT2D eigenvalue weighted by Crippen LogP contribution is 2.59. The van der Waals surface area contributed by atoms with Crippen molar-refractivity contribution in [2.45, 2.75) is 66.7 Å². The molecule has 0 spiro atoms. The van der Waals surface area contributed by atoms with E-state index in [1.807, 2.05) is 13.8 Å². The Kier molecular flexibility index (Phi) is 5.15. The molecule has 0 aromatic heterocycles. The van der Waals surface area contributed by atoms with E-state index in [0.29, 0.717) is 0 Å². The molecule has 0 aromatic rings. The van der Waals surface area contributed by atoms with Gasteiger partial charge in [-0.2, -0.15) is 0 Å². The van der Waals surface area contributed by atoms with Gasteiger partial charge in [-0.25, -0.2) is 0 Å². The molecule has 0 heterocycles. The largest absolute Gasteiger partial charge is 0.0683 e. The molecule has 0 N–H and O–H groups in total. The number of hydrogen-bond acceptors (Lipinski definition) is 0. The molecule has 0 aliphatic heterocycles. The fourth-order valence-corrected chi connectivity index (χ4v) is 4.38. The average Bonchev–Trinajstić information content (AvgIpc) is 2.47. The van der Waals surface area contributed by atoms with Gasteiger partial charge in [0.25, 0.3) is 0 Å². The Labute approximate surface area is 96.8 Å². The second kappa shape index (κ2) is 5.92. The Hall–Kier alpha value is 0. The van der Waals surface area contributed by atoms with E-state index in [4.69, 9.17) is 0 Å². The normalized spacial score (nSPS) is 42.6. The molecule has 2 fully saturated rings. The molecule has 90 valence electrons. The van der Waals surface area contributed by atoms with Crippen LogP contribution in [0.1, 0.15) is 66.7 Å². The minimum atomic E-state index is 1.08. The van der Waals surface area contributed by atoms with Crippen molar-refractivity contribution in [2.75, 3.05) is 0 Å². The van der Waals surface area contributed by atoms with Crippen molar-refractivity contribution in [3.8, 4) is 0 Å². The highest BCUT2D eigenvalue weighted by molar-refractivity contribution is 5.00. The lowest BCUT2D eigenvalue weighted by Gasteiger charge is -2.36. The maximum atomic E-state index is 2.40. The van der Waals surface area contributed by atoms with Gasteiger partial charge in [0.1, 0.15) is 0 Å². The summed E-state index contributed by atoms with van der Waals surface area (Å²) in [5.74, 6) is 5.54. The van der Waals surface area contributed by atoms with Gasteiger partial charge >= 0.3 is 0 Å². The lowest BCUT2D eigenvalue weighted by atomic mass is 9.69. The van der Waals surface area contributed by atoms with Crippen molar-refractivity contribution in [1.82, 2.24) is 0 Å². The standard InChI is InChI=1S/C13H24.C2H6/c1-4-9-10(5-2)12-7-8-13(12)11(9)6-3;1-2/h9-13H,4-8H2,1-3H3;1-2H3. The van der Waals surface area contributed by atoms with Gasteiger partial charge in [-0.1, -0.05) is 53.9 Å². The first-order valence-corrected chi connectivity index (χ1v) is 7.33. The molecule has 0 bridgehead atoms. The van der Waals surface area contributed by atoms with Crippen molar-refractivity contribution in [3.05, 3.63) is 0 Å². The molecule has 0 radical (unpaired) electrons. The summed E-state index contributed by atoms with van der Waals surface area (Å²) in [7, 11) is 0. The van der Waals surface area contributed by atoms with Gasteiger partial charge in [0, 0.05) is 0 Å². The monoisotopic (exact) mass is 210 g/mol. The third-order valence-corrected chi connectivity index (χ3v) is 5.00. The zero-order chi connectivity index (χ0) is 11.4. The summed E-state index contributed by atoms with van der Waals surface area (Å²) < 4.78 is 0. The molecule has 0 heteroatoms. The Morgan fingerprint density at radius 2 is 1.00 bits per heavy atom. The average molecular weight is 210 g/mol. The summed E-state index contributed by atoms with van der Waals surface area (Å²) in [6.07, 6.45) is 7.42. The van der Waals surface area contributed by atoms with E-state index in [2.05, 4.69) is 20.8 Å². The molecule has 4 atom stereocenters. The van der Waals surface area contributed by atoms with E-state index in [1.54, 1.807) is 12.8 Å². The van der Waals surface area contributed by atoms with Crippen LogP contribution >= 0.6 is 0 Å². The molecule has 4 unspecified atom stereocenters. The maximum Gasteiger partial charge on any atom is -0.0352 e. The van der Waals surface area contributed by atoms with Gasteiger partial charge in [-0.3, -0.25) is 0 Å². The van der Waals surface area contributed by atoms with Gasteiger partial charge in [0.15, 0.2) is 0 Å². The summed E-state index contributed by atoms with van der Waals surface area (Å²) >= 11 is 0. The second-order valence-electron chi connectivity index (χ2n) is 5.12. The van der Waals surface area contributed by atoms with E-state index in [9.17, 15) is 0 Å². The van der Waals surface area contributed by atoms with Gasteiger partial charge in [0.2, 0.25) is 0 Å². The third kappa shape index (κ3) is 2.10. The highest BCUT2D eigenvalue weighted by atomic mass is 14.6. The molecule has 0 amide bonds. The Bertz CT molecular complexity index is 155. The van der Waals surface area contributed by atoms with Crippen molar-refractivity contribution in [2.24, 2.45) is 29.6 Å². The van der Waals surface area contributed by atoms with Gasteiger partial charge in [0.05, 0.1) is 0 Å².